The van der Waals surface area contributed by atoms with Crippen molar-refractivity contribution in [3.63, 3.8) is 0 Å². The standard InChI is InChI=1S/C16H19F3N4O.ClH/c1-10(20-3)8-21-15(24)14-9-22-23(11(14)2)13-6-4-5-12(7-13)16(17,18)19;/h4-7,9-10,20H,8H2,1-3H3,(H,21,24);1H. The number of rotatable bonds is 5. The van der Waals surface area contributed by atoms with E-state index in [1.54, 1.807) is 14.0 Å². The summed E-state index contributed by atoms with van der Waals surface area (Å²) in [6.45, 7) is 3.99. The predicted octanol–water partition coefficient (Wildman–Crippen LogP) is 2.96. The van der Waals surface area contributed by atoms with Gasteiger partial charge in [-0.15, -0.1) is 12.4 Å². The second-order valence-electron chi connectivity index (χ2n) is 5.50. The van der Waals surface area contributed by atoms with Gasteiger partial charge in [0.25, 0.3) is 5.91 Å². The third-order valence-corrected chi connectivity index (χ3v) is 3.73. The highest BCUT2D eigenvalue weighted by molar-refractivity contribution is 5.95. The zero-order valence-electron chi connectivity index (χ0n) is 14.0. The summed E-state index contributed by atoms with van der Waals surface area (Å²) in [6, 6.07) is 4.93. The normalized spacial score (nSPS) is 12.4. The maximum atomic E-state index is 12.8. The molecule has 2 aromatic rings. The van der Waals surface area contributed by atoms with Gasteiger partial charge in [0.05, 0.1) is 28.7 Å². The summed E-state index contributed by atoms with van der Waals surface area (Å²) < 4.78 is 39.8. The monoisotopic (exact) mass is 376 g/mol. The summed E-state index contributed by atoms with van der Waals surface area (Å²) in [7, 11) is 1.79. The molecule has 0 bridgehead atoms. The van der Waals surface area contributed by atoms with Gasteiger partial charge in [0.15, 0.2) is 0 Å². The Labute approximate surface area is 150 Å². The van der Waals surface area contributed by atoms with Crippen molar-refractivity contribution in [1.82, 2.24) is 20.4 Å². The fraction of sp³-hybridized carbons (Fsp3) is 0.375. The lowest BCUT2D eigenvalue weighted by Gasteiger charge is -2.12. The van der Waals surface area contributed by atoms with E-state index in [4.69, 9.17) is 0 Å². The van der Waals surface area contributed by atoms with Gasteiger partial charge in [-0.05, 0) is 39.1 Å². The van der Waals surface area contributed by atoms with Gasteiger partial charge in [-0.3, -0.25) is 4.79 Å². The molecule has 1 atom stereocenters. The Morgan fingerprint density at radius 3 is 2.64 bits per heavy atom. The first-order valence-electron chi connectivity index (χ1n) is 7.41. The highest BCUT2D eigenvalue weighted by atomic mass is 35.5. The molecular weight excluding hydrogens is 357 g/mol. The smallest absolute Gasteiger partial charge is 0.350 e. The fourth-order valence-corrected chi connectivity index (χ4v) is 2.15. The minimum Gasteiger partial charge on any atom is -0.350 e. The molecule has 0 spiro atoms. The van der Waals surface area contributed by atoms with Crippen molar-refractivity contribution in [2.45, 2.75) is 26.1 Å². The lowest BCUT2D eigenvalue weighted by molar-refractivity contribution is -0.137. The van der Waals surface area contributed by atoms with Crippen LogP contribution in [0.1, 0.15) is 28.5 Å². The molecule has 1 aromatic heterocycles. The predicted molar refractivity (Wildman–Crippen MR) is 91.4 cm³/mol. The second-order valence-corrected chi connectivity index (χ2v) is 5.50. The molecule has 0 aliphatic carbocycles. The Kier molecular flexibility index (Phi) is 7.01. The Hall–Kier alpha value is -2.06. The SMILES string of the molecule is CNC(C)CNC(=O)c1cnn(-c2cccc(C(F)(F)F)c2)c1C.Cl. The fourth-order valence-electron chi connectivity index (χ4n) is 2.15. The van der Waals surface area contributed by atoms with Crippen LogP contribution in [0.5, 0.6) is 0 Å². The summed E-state index contributed by atoms with van der Waals surface area (Å²) in [5.74, 6) is -0.312. The van der Waals surface area contributed by atoms with Gasteiger partial charge in [0.2, 0.25) is 0 Å². The van der Waals surface area contributed by atoms with Crippen molar-refractivity contribution in [3.05, 3.63) is 47.3 Å². The average Bonchev–Trinajstić information content (AvgIpc) is 2.93. The lowest BCUT2D eigenvalue weighted by atomic mass is 10.2. The maximum absolute atomic E-state index is 12.8. The third kappa shape index (κ3) is 4.96. The number of nitrogens with zero attached hydrogens (tertiary/aromatic N) is 2. The molecule has 2 N–H and O–H groups in total. The molecule has 0 saturated carbocycles. The zero-order valence-corrected chi connectivity index (χ0v) is 14.8. The first-order chi connectivity index (χ1) is 11.2. The molecule has 0 aliphatic heterocycles. The first kappa shape index (κ1) is 21.0. The number of amides is 1. The van der Waals surface area contributed by atoms with Crippen LogP contribution in [0.4, 0.5) is 13.2 Å². The van der Waals surface area contributed by atoms with Crippen LogP contribution in [-0.4, -0.2) is 35.3 Å². The number of hydrogen-bond donors (Lipinski definition) is 2. The van der Waals surface area contributed by atoms with E-state index in [-0.39, 0.29) is 30.0 Å². The van der Waals surface area contributed by atoms with Crippen molar-refractivity contribution in [2.24, 2.45) is 0 Å². The van der Waals surface area contributed by atoms with Crippen molar-refractivity contribution < 1.29 is 18.0 Å². The number of carbonyl (C=O) groups is 1. The number of carbonyl (C=O) groups excluding carboxylic acids is 1. The van der Waals surface area contributed by atoms with E-state index in [9.17, 15) is 18.0 Å². The van der Waals surface area contributed by atoms with E-state index < -0.39 is 11.7 Å². The first-order valence-corrected chi connectivity index (χ1v) is 7.41. The Bertz CT molecular complexity index is 730. The van der Waals surface area contributed by atoms with Crippen LogP contribution >= 0.6 is 12.4 Å². The number of aromatic nitrogens is 2. The minimum absolute atomic E-state index is 0. The summed E-state index contributed by atoms with van der Waals surface area (Å²) in [4.78, 5) is 12.2. The van der Waals surface area contributed by atoms with Gasteiger partial charge >= 0.3 is 6.18 Å². The van der Waals surface area contributed by atoms with Gasteiger partial charge in [0, 0.05) is 12.6 Å². The van der Waals surface area contributed by atoms with E-state index in [2.05, 4.69) is 15.7 Å². The van der Waals surface area contributed by atoms with Crippen molar-refractivity contribution >= 4 is 18.3 Å². The Morgan fingerprint density at radius 2 is 2.04 bits per heavy atom. The second kappa shape index (κ2) is 8.35. The molecule has 25 heavy (non-hydrogen) atoms. The molecule has 5 nitrogen and oxygen atoms in total. The molecule has 0 aliphatic rings. The number of alkyl halides is 3. The van der Waals surface area contributed by atoms with Gasteiger partial charge in [0.1, 0.15) is 0 Å². The summed E-state index contributed by atoms with van der Waals surface area (Å²) >= 11 is 0. The van der Waals surface area contributed by atoms with Crippen molar-refractivity contribution in [2.75, 3.05) is 13.6 Å². The maximum Gasteiger partial charge on any atom is 0.416 e. The molecule has 1 aromatic carbocycles. The number of likely N-dealkylation sites (N-methyl/N-ethyl adjacent to an activating group) is 1. The molecule has 138 valence electrons. The quantitative estimate of drug-likeness (QED) is 0.843. The van der Waals surface area contributed by atoms with Crippen LogP contribution in [0.25, 0.3) is 5.69 Å². The van der Waals surface area contributed by atoms with Crippen molar-refractivity contribution in [3.8, 4) is 5.69 Å². The molecule has 1 unspecified atom stereocenters. The number of benzene rings is 1. The number of halogens is 4. The topological polar surface area (TPSA) is 58.9 Å². The van der Waals surface area contributed by atoms with E-state index >= 15 is 0 Å². The summed E-state index contributed by atoms with van der Waals surface area (Å²) in [5.41, 5.74) is 0.299. The van der Waals surface area contributed by atoms with Crippen LogP contribution in [0.3, 0.4) is 0 Å². The van der Waals surface area contributed by atoms with E-state index in [1.807, 2.05) is 6.92 Å². The van der Waals surface area contributed by atoms with Crippen LogP contribution < -0.4 is 10.6 Å². The van der Waals surface area contributed by atoms with Crippen LogP contribution in [0.15, 0.2) is 30.5 Å². The Morgan fingerprint density at radius 1 is 1.36 bits per heavy atom. The highest BCUT2D eigenvalue weighted by Crippen LogP contribution is 2.30. The van der Waals surface area contributed by atoms with E-state index in [1.165, 1.54) is 23.0 Å². The van der Waals surface area contributed by atoms with E-state index in [0.717, 1.165) is 12.1 Å². The van der Waals surface area contributed by atoms with Crippen LogP contribution in [0, 0.1) is 6.92 Å². The molecular formula is C16H20ClF3N4O. The Balaban J connectivity index is 0.00000312. The van der Waals surface area contributed by atoms with Gasteiger partial charge in [-0.1, -0.05) is 6.07 Å². The van der Waals surface area contributed by atoms with Gasteiger partial charge in [-0.2, -0.15) is 18.3 Å². The van der Waals surface area contributed by atoms with Crippen molar-refractivity contribution in [1.29, 1.82) is 0 Å². The molecule has 1 amide bonds. The number of nitrogens with one attached hydrogen (secondary N) is 2. The van der Waals surface area contributed by atoms with Gasteiger partial charge < -0.3 is 10.6 Å². The molecule has 2 rings (SSSR count). The molecule has 1 heterocycles. The summed E-state index contributed by atoms with van der Waals surface area (Å²) in [5, 5.41) is 9.80. The largest absolute Gasteiger partial charge is 0.416 e. The molecule has 0 saturated heterocycles. The van der Waals surface area contributed by atoms with Crippen LogP contribution in [-0.2, 0) is 6.18 Å². The molecule has 0 fully saturated rings. The molecule has 0 radical (unpaired) electrons. The van der Waals surface area contributed by atoms with Gasteiger partial charge in [-0.25, -0.2) is 4.68 Å². The average molecular weight is 377 g/mol. The summed E-state index contributed by atoms with van der Waals surface area (Å²) in [6.07, 6.45) is -3.07. The lowest BCUT2D eigenvalue weighted by Crippen LogP contribution is -2.37. The zero-order chi connectivity index (χ0) is 17.9. The third-order valence-electron chi connectivity index (χ3n) is 3.73. The number of hydrogen-bond acceptors (Lipinski definition) is 3. The minimum atomic E-state index is -4.43. The van der Waals surface area contributed by atoms with E-state index in [0.29, 0.717) is 17.8 Å². The molecule has 9 heteroatoms. The highest BCUT2D eigenvalue weighted by Gasteiger charge is 2.30. The van der Waals surface area contributed by atoms with Crippen LogP contribution in [0.2, 0.25) is 0 Å².